The first kappa shape index (κ1) is 78.2. The van der Waals surface area contributed by atoms with Crippen molar-refractivity contribution in [3.8, 4) is 23.0 Å². The Morgan fingerprint density at radius 3 is 1.54 bits per heavy atom. The molecule has 6 rings (SSSR count). The van der Waals surface area contributed by atoms with Crippen molar-refractivity contribution in [1.82, 2.24) is 15.1 Å². The van der Waals surface area contributed by atoms with E-state index in [9.17, 15) is 14.7 Å². The molecule has 1 amide bonds. The lowest BCUT2D eigenvalue weighted by Crippen LogP contribution is -2.46. The number of rotatable bonds is 27. The number of nitrogens with zero attached hydrogens (tertiary/aromatic N) is 2. The van der Waals surface area contributed by atoms with Gasteiger partial charge in [0.05, 0.1) is 52.3 Å². The standard InChI is InChI=1S/C29H46N2O6.C21H34N2O4.C3H8.2ClH.H12P10/c1-4-8-28(32)30-16-19-36-26-13-12-22(20-27(26)34-3)15-18-35-25-11-7-6-10-24(25)31-17-14-23(21-31)37-29(33)9-5-2;1-25-21-14-16(6-7-20(21)27-13-10-22)9-12-26-19-5-3-2-4-18(19)23-11-8-17(24)15-23;1-3-2;;;1-7(2)10(8(3)4)9(5)6/h12-13,20,23-25H,4-11,14-19,21H2,1-3H3,(H,30,32);6-7,14,17-19,24H,2-5,8-13,15,22H2,1H3;3H2,1-2H3;2*1H;1-6H2/t23-,24?,25+;17-,18?,19?;;;;/m11..../s1. The fourth-order valence-corrected chi connectivity index (χ4v) is 96.5. The van der Waals surface area contributed by atoms with Crippen molar-refractivity contribution in [1.29, 1.82) is 0 Å². The molecule has 0 aromatic heterocycles. The number of hydrogen-bond donors (Lipinski definition) is 3. The zero-order valence-corrected chi connectivity index (χ0v) is 60.3. The molecule has 9 unspecified atom stereocenters. The van der Waals surface area contributed by atoms with Crippen LogP contribution in [0.5, 0.6) is 23.0 Å². The van der Waals surface area contributed by atoms with Crippen molar-refractivity contribution in [3.63, 3.8) is 0 Å². The quantitative estimate of drug-likeness (QED) is 0.0440. The Hall–Kier alpha value is 1.22. The fraction of sp³-hybridized carbons (Fsp3) is 0.736. The van der Waals surface area contributed by atoms with Gasteiger partial charge in [0.15, 0.2) is 23.0 Å². The number of methoxy groups -OCH3 is 2. The smallest absolute Gasteiger partial charge is 0.306 e. The largest absolute Gasteiger partial charge is 0.493 e. The maximum Gasteiger partial charge on any atom is 0.306 e. The van der Waals surface area contributed by atoms with Gasteiger partial charge in [-0.2, -0.15) is 0 Å². The van der Waals surface area contributed by atoms with Crippen molar-refractivity contribution in [3.05, 3.63) is 47.5 Å². The number of likely N-dealkylation sites (tertiary alicyclic amines) is 2. The molecule has 12 atom stereocenters. The number of amides is 1. The molecule has 0 spiro atoms. The molecule has 2 aliphatic heterocycles. The van der Waals surface area contributed by atoms with E-state index in [0.29, 0.717) is 75.9 Å². The average Bonchev–Trinajstić information content (AvgIpc) is 4.07. The summed E-state index contributed by atoms with van der Waals surface area (Å²) in [5.74, 6) is 2.81. The number of nitrogens with one attached hydrogen (secondary N) is 1. The van der Waals surface area contributed by atoms with Gasteiger partial charge in [-0.05, 0) is 128 Å². The van der Waals surface area contributed by atoms with Gasteiger partial charge in [0, 0.05) is 57.6 Å². The lowest BCUT2D eigenvalue weighted by atomic mass is 9.91. The van der Waals surface area contributed by atoms with Gasteiger partial charge in [-0.3, -0.25) is 19.4 Å². The highest BCUT2D eigenvalue weighted by atomic mass is 35.5. The average molecular weight is 1340 g/mol. The van der Waals surface area contributed by atoms with E-state index < -0.39 is 0 Å². The molecule has 4 aliphatic rings. The van der Waals surface area contributed by atoms with Crippen LogP contribution < -0.4 is 30.0 Å². The molecular weight excluding hydrogens is 1230 g/mol. The third-order valence-electron chi connectivity index (χ3n) is 13.5. The summed E-state index contributed by atoms with van der Waals surface area (Å²) in [6, 6.07) is 12.9. The maximum absolute atomic E-state index is 11.9. The van der Waals surface area contributed by atoms with E-state index in [-0.39, 0.29) is 89.1 Å². The van der Waals surface area contributed by atoms with Crippen LogP contribution in [0, 0.1) is 0 Å². The zero-order chi connectivity index (χ0) is 56.5. The normalized spacial score (nSPS) is 21.1. The number of aliphatic hydroxyl groups excluding tert-OH is 1. The molecule has 0 bridgehead atoms. The SMILES string of the molecule is CCC.CCCC(=O)NCCOc1ccc(CCO[C@H]2CCCCC2N2CC[C@@H](OC(=O)CCC)C2)cc1OC.COc1cc(CCOC2CCCCC2N2CC[C@@H](O)C2)ccc1OCCN.Cl.Cl.PP(P)P(P(P)P)P(P)P. The highest BCUT2D eigenvalue weighted by molar-refractivity contribution is 9.16. The van der Waals surface area contributed by atoms with Gasteiger partial charge in [-0.25, -0.2) is 0 Å². The molecule has 26 heteroatoms. The van der Waals surface area contributed by atoms with Crippen LogP contribution in [0.2, 0.25) is 0 Å². The molecule has 4 N–H and O–H groups in total. The van der Waals surface area contributed by atoms with Crippen molar-refractivity contribution in [2.24, 2.45) is 5.73 Å². The van der Waals surface area contributed by atoms with Crippen LogP contribution >= 0.6 is 106 Å². The summed E-state index contributed by atoms with van der Waals surface area (Å²) in [6.45, 7) is 15.6. The molecule has 2 aromatic carbocycles. The minimum atomic E-state index is -0.167. The van der Waals surface area contributed by atoms with Crippen LogP contribution in [-0.4, -0.2) is 143 Å². The van der Waals surface area contributed by atoms with Crippen molar-refractivity contribution in [2.75, 3.05) is 79.9 Å². The first-order valence-corrected chi connectivity index (χ1v) is 45.2. The molecule has 0 radical (unpaired) electrons. The molecule has 14 nitrogen and oxygen atoms in total. The van der Waals surface area contributed by atoms with Gasteiger partial charge in [0.25, 0.3) is 0 Å². The Balaban J connectivity index is 0.000000649. The van der Waals surface area contributed by atoms with Crippen molar-refractivity contribution in [2.45, 2.75) is 173 Å². The molecule has 2 aromatic rings. The number of nitrogens with two attached hydrogens (primary N) is 1. The summed E-state index contributed by atoms with van der Waals surface area (Å²) in [5, 5.41) is 12.7. The zero-order valence-electron chi connectivity index (χ0n) is 48.2. The molecule has 2 aliphatic carbocycles. The lowest BCUT2D eigenvalue weighted by Gasteiger charge is -2.37. The second kappa shape index (κ2) is 46.4. The van der Waals surface area contributed by atoms with Crippen molar-refractivity contribution >= 4 is 118 Å². The summed E-state index contributed by atoms with van der Waals surface area (Å²) in [5.41, 5.74) is 7.81. The molecule has 458 valence electrons. The Labute approximate surface area is 507 Å². The van der Waals surface area contributed by atoms with Crippen LogP contribution in [0.1, 0.15) is 135 Å². The number of esters is 1. The fourth-order valence-electron chi connectivity index (χ4n) is 9.87. The third-order valence-corrected chi connectivity index (χ3v) is 63.0. The summed E-state index contributed by atoms with van der Waals surface area (Å²) in [4.78, 5) is 28.4. The molecule has 79 heavy (non-hydrogen) atoms. The van der Waals surface area contributed by atoms with Gasteiger partial charge in [0.2, 0.25) is 5.91 Å². The maximum atomic E-state index is 11.9. The topological polar surface area (TPSA) is 164 Å². The lowest BCUT2D eigenvalue weighted by molar-refractivity contribution is -0.148. The van der Waals surface area contributed by atoms with E-state index in [2.05, 4.69) is 88.6 Å². The minimum Gasteiger partial charge on any atom is -0.493 e. The van der Waals surface area contributed by atoms with E-state index in [1.54, 1.807) is 14.2 Å². The highest BCUT2D eigenvalue weighted by Crippen LogP contribution is 3.10. The number of ether oxygens (including phenoxy) is 7. The Morgan fingerprint density at radius 1 is 0.646 bits per heavy atom. The van der Waals surface area contributed by atoms with Crippen LogP contribution in [-0.2, 0) is 36.6 Å². The minimum absolute atomic E-state index is 0. The number of carbonyl (C=O) groups excluding carboxylic acids is 2. The summed E-state index contributed by atoms with van der Waals surface area (Å²) in [6.07, 6.45) is 17.2. The Morgan fingerprint density at radius 2 is 1.11 bits per heavy atom. The van der Waals surface area contributed by atoms with Crippen molar-refractivity contribution < 1.29 is 47.9 Å². The summed E-state index contributed by atoms with van der Waals surface area (Å²) >= 11 is 0. The predicted molar refractivity (Wildman–Crippen MR) is 365 cm³/mol. The van der Waals surface area contributed by atoms with Gasteiger partial charge in [0.1, 0.15) is 19.3 Å². The molecule has 4 fully saturated rings. The number of benzene rings is 2. The van der Waals surface area contributed by atoms with E-state index in [0.717, 1.165) is 101 Å². The first-order chi connectivity index (χ1) is 37.1. The number of hydrogen-bond acceptors (Lipinski definition) is 13. The number of aliphatic hydroxyl groups is 1. The first-order valence-electron chi connectivity index (χ1n) is 28.0. The molecule has 2 heterocycles. The molecule has 2 saturated heterocycles. The third kappa shape index (κ3) is 30.6. The summed E-state index contributed by atoms with van der Waals surface area (Å²) < 4.78 is 40.8. The number of carbonyl (C=O) groups is 2. The van der Waals surface area contributed by atoms with E-state index in [1.165, 1.54) is 44.1 Å². The van der Waals surface area contributed by atoms with Crippen LogP contribution in [0.15, 0.2) is 36.4 Å². The van der Waals surface area contributed by atoms with Gasteiger partial charge in [-0.15, -0.1) is 78.4 Å². The Bertz CT molecular complexity index is 1920. The van der Waals surface area contributed by atoms with Crippen LogP contribution in [0.25, 0.3) is 0 Å². The monoisotopic (exact) mass is 1330 g/mol. The molecular formula is C53H102Cl2N4O10P10. The highest BCUT2D eigenvalue weighted by Gasteiger charge is 2.37. The van der Waals surface area contributed by atoms with Gasteiger partial charge in [-0.1, -0.05) is 71.9 Å². The van der Waals surface area contributed by atoms with E-state index >= 15 is 0 Å². The number of β-amino-alcohol motifs (C(OH)–C–C–N with tert-alkyl or cyclic N) is 1. The summed E-state index contributed by atoms with van der Waals surface area (Å²) in [7, 11) is 21.0. The van der Waals surface area contributed by atoms with Crippen LogP contribution in [0.4, 0.5) is 0 Å². The molecule has 2 saturated carbocycles. The number of halogens is 2. The second-order valence-electron chi connectivity index (χ2n) is 19.8. The van der Waals surface area contributed by atoms with Gasteiger partial charge >= 0.3 is 5.97 Å². The van der Waals surface area contributed by atoms with Gasteiger partial charge < -0.3 is 49.3 Å². The Kier molecular flexibility index (Phi) is 45.9. The van der Waals surface area contributed by atoms with Crippen LogP contribution in [0.3, 0.4) is 0 Å². The predicted octanol–water partition coefficient (Wildman–Crippen LogP) is 13.9. The second-order valence-corrected chi connectivity index (χ2v) is 56.4. The van der Waals surface area contributed by atoms with E-state index in [1.807, 2.05) is 44.2 Å². The van der Waals surface area contributed by atoms with E-state index in [4.69, 9.17) is 38.9 Å².